The van der Waals surface area contributed by atoms with E-state index in [4.69, 9.17) is 9.84 Å². The Balaban J connectivity index is 1.74. The highest BCUT2D eigenvalue weighted by molar-refractivity contribution is 6.03. The summed E-state index contributed by atoms with van der Waals surface area (Å²) in [5.74, 6) is -0.553. The number of hydrogen-bond donors (Lipinski definition) is 3. The minimum atomic E-state index is -0.871. The van der Waals surface area contributed by atoms with Crippen molar-refractivity contribution in [1.82, 2.24) is 14.5 Å². The fourth-order valence-electron chi connectivity index (χ4n) is 2.41. The molecule has 9 nitrogen and oxygen atoms in total. The number of rotatable bonds is 4. The van der Waals surface area contributed by atoms with Crippen molar-refractivity contribution < 1.29 is 19.7 Å². The smallest absolute Gasteiger partial charge is 0.354 e. The molecule has 1 amide bonds. The van der Waals surface area contributed by atoms with Crippen LogP contribution in [0.1, 0.15) is 23.0 Å². The molecule has 3 rings (SSSR count). The number of nitrogens with zero attached hydrogens (tertiary/aromatic N) is 3. The topological polar surface area (TPSA) is 127 Å². The average Bonchev–Trinajstić information content (AvgIpc) is 2.96. The SMILES string of the molecule is O=C(Nc1ncn([C@H]2CC(O)[C@@H](CO)O2)c(=O)n1)c1ccccc1. The van der Waals surface area contributed by atoms with Crippen LogP contribution >= 0.6 is 0 Å². The summed E-state index contributed by atoms with van der Waals surface area (Å²) in [4.78, 5) is 31.7. The second-order valence-corrected chi connectivity index (χ2v) is 5.30. The first-order valence-electron chi connectivity index (χ1n) is 7.34. The van der Waals surface area contributed by atoms with Crippen LogP contribution in [-0.2, 0) is 4.74 Å². The van der Waals surface area contributed by atoms with E-state index >= 15 is 0 Å². The minimum Gasteiger partial charge on any atom is -0.394 e. The van der Waals surface area contributed by atoms with E-state index in [-0.39, 0.29) is 19.0 Å². The Morgan fingerprint density at radius 3 is 2.75 bits per heavy atom. The molecule has 1 aliphatic heterocycles. The number of benzene rings is 1. The van der Waals surface area contributed by atoms with Gasteiger partial charge in [-0.15, -0.1) is 0 Å². The van der Waals surface area contributed by atoms with E-state index in [1.165, 1.54) is 6.33 Å². The van der Waals surface area contributed by atoms with Crippen LogP contribution in [0.3, 0.4) is 0 Å². The maximum Gasteiger partial charge on any atom is 0.354 e. The number of aliphatic hydroxyl groups excluding tert-OH is 2. The van der Waals surface area contributed by atoms with E-state index in [0.717, 1.165) is 4.57 Å². The molecule has 3 N–H and O–H groups in total. The first-order valence-corrected chi connectivity index (χ1v) is 7.34. The van der Waals surface area contributed by atoms with Crippen molar-refractivity contribution in [3.8, 4) is 0 Å². The Kier molecular flexibility index (Phi) is 4.65. The molecule has 3 atom stereocenters. The van der Waals surface area contributed by atoms with Gasteiger partial charge in [0.15, 0.2) is 0 Å². The van der Waals surface area contributed by atoms with E-state index in [1.54, 1.807) is 30.3 Å². The molecule has 1 saturated heterocycles. The van der Waals surface area contributed by atoms with Crippen LogP contribution in [0.15, 0.2) is 41.5 Å². The van der Waals surface area contributed by atoms with Crippen molar-refractivity contribution in [2.24, 2.45) is 0 Å². The quantitative estimate of drug-likeness (QED) is 0.691. The van der Waals surface area contributed by atoms with E-state index in [0.29, 0.717) is 5.56 Å². The number of anilines is 1. The molecule has 9 heteroatoms. The first kappa shape index (κ1) is 16.2. The van der Waals surface area contributed by atoms with Crippen molar-refractivity contribution in [2.75, 3.05) is 11.9 Å². The van der Waals surface area contributed by atoms with Gasteiger partial charge in [0, 0.05) is 12.0 Å². The largest absolute Gasteiger partial charge is 0.394 e. The van der Waals surface area contributed by atoms with Gasteiger partial charge in [-0.2, -0.15) is 4.98 Å². The first-order chi connectivity index (χ1) is 11.6. The van der Waals surface area contributed by atoms with E-state index in [1.807, 2.05) is 0 Å². The normalized spacial score (nSPS) is 23.2. The van der Waals surface area contributed by atoms with Gasteiger partial charge >= 0.3 is 5.69 Å². The number of ether oxygens (including phenoxy) is 1. The van der Waals surface area contributed by atoms with Crippen LogP contribution in [0.2, 0.25) is 0 Å². The predicted molar refractivity (Wildman–Crippen MR) is 82.3 cm³/mol. The van der Waals surface area contributed by atoms with Gasteiger partial charge in [0.2, 0.25) is 5.95 Å². The fraction of sp³-hybridized carbons (Fsp3) is 0.333. The summed E-state index contributed by atoms with van der Waals surface area (Å²) in [6, 6.07) is 8.46. The zero-order valence-electron chi connectivity index (χ0n) is 12.6. The maximum atomic E-state index is 12.1. The lowest BCUT2D eigenvalue weighted by molar-refractivity contribution is -0.0462. The molecule has 1 unspecified atom stereocenters. The lowest BCUT2D eigenvalue weighted by atomic mass is 10.2. The van der Waals surface area contributed by atoms with Crippen LogP contribution in [0.25, 0.3) is 0 Å². The maximum absolute atomic E-state index is 12.1. The van der Waals surface area contributed by atoms with Crippen molar-refractivity contribution >= 4 is 11.9 Å². The van der Waals surface area contributed by atoms with Gasteiger partial charge in [0.25, 0.3) is 5.91 Å². The van der Waals surface area contributed by atoms with Gasteiger partial charge in [-0.05, 0) is 12.1 Å². The molecule has 2 heterocycles. The van der Waals surface area contributed by atoms with Crippen LogP contribution in [0, 0.1) is 0 Å². The third-order valence-electron chi connectivity index (χ3n) is 3.68. The lowest BCUT2D eigenvalue weighted by Crippen LogP contribution is -2.29. The zero-order valence-corrected chi connectivity index (χ0v) is 12.6. The Hall–Kier alpha value is -2.62. The second kappa shape index (κ2) is 6.87. The molecule has 0 bridgehead atoms. The number of nitrogens with one attached hydrogen (secondary N) is 1. The van der Waals surface area contributed by atoms with Crippen molar-refractivity contribution in [1.29, 1.82) is 0 Å². The molecule has 24 heavy (non-hydrogen) atoms. The minimum absolute atomic E-state index is 0.123. The number of aromatic nitrogens is 3. The summed E-state index contributed by atoms with van der Waals surface area (Å²) in [5, 5.41) is 21.2. The fourth-order valence-corrected chi connectivity index (χ4v) is 2.41. The molecule has 1 aromatic heterocycles. The Morgan fingerprint density at radius 1 is 1.38 bits per heavy atom. The molecule has 1 aliphatic rings. The number of carbonyl (C=O) groups is 1. The lowest BCUT2D eigenvalue weighted by Gasteiger charge is -2.14. The van der Waals surface area contributed by atoms with E-state index in [9.17, 15) is 14.7 Å². The Bertz CT molecular complexity index is 779. The summed E-state index contributed by atoms with van der Waals surface area (Å²) >= 11 is 0. The molecular weight excluding hydrogens is 316 g/mol. The van der Waals surface area contributed by atoms with Gasteiger partial charge in [0.1, 0.15) is 18.7 Å². The van der Waals surface area contributed by atoms with Gasteiger partial charge in [-0.25, -0.2) is 9.78 Å². The molecule has 0 radical (unpaired) electrons. The third kappa shape index (κ3) is 3.32. The summed E-state index contributed by atoms with van der Waals surface area (Å²) < 4.78 is 6.48. The van der Waals surface area contributed by atoms with Crippen LogP contribution in [0.5, 0.6) is 0 Å². The second-order valence-electron chi connectivity index (χ2n) is 5.30. The van der Waals surface area contributed by atoms with Crippen LogP contribution < -0.4 is 11.0 Å². The molecule has 0 spiro atoms. The molecular formula is C15H16N4O5. The zero-order chi connectivity index (χ0) is 17.1. The van der Waals surface area contributed by atoms with Gasteiger partial charge in [-0.3, -0.25) is 14.7 Å². The van der Waals surface area contributed by atoms with Gasteiger partial charge in [0.05, 0.1) is 12.7 Å². The summed E-state index contributed by atoms with van der Waals surface area (Å²) in [7, 11) is 0. The molecule has 2 aromatic rings. The van der Waals surface area contributed by atoms with Gasteiger partial charge in [-0.1, -0.05) is 18.2 Å². The van der Waals surface area contributed by atoms with Crippen molar-refractivity contribution in [2.45, 2.75) is 24.9 Å². The molecule has 126 valence electrons. The Morgan fingerprint density at radius 2 is 2.12 bits per heavy atom. The van der Waals surface area contributed by atoms with Crippen molar-refractivity contribution in [3.05, 3.63) is 52.7 Å². The summed E-state index contributed by atoms with van der Waals surface area (Å²) in [6.07, 6.45) is -1.05. The number of hydrogen-bond acceptors (Lipinski definition) is 7. The van der Waals surface area contributed by atoms with Crippen molar-refractivity contribution in [3.63, 3.8) is 0 Å². The number of aliphatic hydroxyl groups is 2. The summed E-state index contributed by atoms with van der Waals surface area (Å²) in [5.41, 5.74) is -0.262. The van der Waals surface area contributed by atoms with E-state index in [2.05, 4.69) is 15.3 Å². The van der Waals surface area contributed by atoms with Crippen LogP contribution in [-0.4, -0.2) is 49.5 Å². The molecule has 1 fully saturated rings. The highest BCUT2D eigenvalue weighted by Gasteiger charge is 2.35. The average molecular weight is 332 g/mol. The third-order valence-corrected chi connectivity index (χ3v) is 3.68. The molecule has 1 aromatic carbocycles. The number of carbonyl (C=O) groups excluding carboxylic acids is 1. The molecule has 0 saturated carbocycles. The monoisotopic (exact) mass is 332 g/mol. The standard InChI is InChI=1S/C15H16N4O5/c20-7-11-10(21)6-12(24-11)19-8-16-14(18-15(19)23)17-13(22)9-4-2-1-3-5-9/h1-5,8,10-12,20-21H,6-7H2,(H,17,18,22,23)/t10?,11-,12-/m1/s1. The summed E-state index contributed by atoms with van der Waals surface area (Å²) in [6.45, 7) is -0.349. The van der Waals surface area contributed by atoms with E-state index < -0.39 is 30.0 Å². The predicted octanol–water partition coefficient (Wildman–Crippen LogP) is -0.469. The number of amides is 1. The Labute approximate surface area is 136 Å². The molecule has 0 aliphatic carbocycles. The highest BCUT2D eigenvalue weighted by Crippen LogP contribution is 2.27. The van der Waals surface area contributed by atoms with Gasteiger partial charge < -0.3 is 14.9 Å². The highest BCUT2D eigenvalue weighted by atomic mass is 16.5. The van der Waals surface area contributed by atoms with Crippen LogP contribution in [0.4, 0.5) is 5.95 Å².